The zero-order valence-electron chi connectivity index (χ0n) is 18.7. The molecular formula is C29H35NO. The van der Waals surface area contributed by atoms with Crippen LogP contribution >= 0.6 is 0 Å². The first kappa shape index (κ1) is 21.6. The molecule has 162 valence electrons. The Bertz CT molecular complexity index is 883. The van der Waals surface area contributed by atoms with Crippen LogP contribution in [0.2, 0.25) is 0 Å². The van der Waals surface area contributed by atoms with Gasteiger partial charge in [-0.1, -0.05) is 72.8 Å². The molecule has 1 aliphatic carbocycles. The number of rotatable bonds is 9. The van der Waals surface area contributed by atoms with E-state index in [4.69, 9.17) is 4.74 Å². The Hall–Kier alpha value is -2.58. The van der Waals surface area contributed by atoms with Gasteiger partial charge in [0.15, 0.2) is 0 Å². The lowest BCUT2D eigenvalue weighted by molar-refractivity contribution is 0.181. The smallest absolute Gasteiger partial charge is 0.119 e. The highest BCUT2D eigenvalue weighted by molar-refractivity contribution is 5.30. The van der Waals surface area contributed by atoms with E-state index in [1.54, 1.807) is 0 Å². The maximum Gasteiger partial charge on any atom is 0.119 e. The van der Waals surface area contributed by atoms with Crippen molar-refractivity contribution >= 4 is 0 Å². The van der Waals surface area contributed by atoms with Crippen molar-refractivity contribution < 1.29 is 4.74 Å². The fourth-order valence-electron chi connectivity index (χ4n) is 4.79. The minimum atomic E-state index is 0.627. The van der Waals surface area contributed by atoms with Gasteiger partial charge in [-0.2, -0.15) is 0 Å². The summed E-state index contributed by atoms with van der Waals surface area (Å²) in [6, 6.07) is 30.8. The Balaban J connectivity index is 1.19. The molecule has 1 aliphatic rings. The van der Waals surface area contributed by atoms with Crippen LogP contribution in [-0.4, -0.2) is 24.5 Å². The highest BCUT2D eigenvalue weighted by Gasteiger charge is 2.24. The van der Waals surface area contributed by atoms with Crippen molar-refractivity contribution in [3.8, 4) is 5.75 Å². The fourth-order valence-corrected chi connectivity index (χ4v) is 4.79. The molecule has 3 aromatic rings. The van der Waals surface area contributed by atoms with Crippen molar-refractivity contribution in [3.05, 3.63) is 102 Å². The molecule has 4 rings (SSSR count). The molecular weight excluding hydrogens is 378 g/mol. The molecule has 3 aromatic carbocycles. The molecule has 31 heavy (non-hydrogen) atoms. The van der Waals surface area contributed by atoms with Gasteiger partial charge < -0.3 is 9.64 Å². The Kier molecular flexibility index (Phi) is 7.79. The van der Waals surface area contributed by atoms with Crippen LogP contribution in [0.15, 0.2) is 84.9 Å². The molecule has 0 aromatic heterocycles. The summed E-state index contributed by atoms with van der Waals surface area (Å²) in [5.41, 5.74) is 4.13. The monoisotopic (exact) mass is 413 g/mol. The van der Waals surface area contributed by atoms with Gasteiger partial charge in [-0.05, 0) is 86.9 Å². The summed E-state index contributed by atoms with van der Waals surface area (Å²) in [5, 5.41) is 0. The van der Waals surface area contributed by atoms with Crippen molar-refractivity contribution in [2.45, 2.75) is 57.1 Å². The lowest BCUT2D eigenvalue weighted by Gasteiger charge is -2.35. The van der Waals surface area contributed by atoms with Crippen LogP contribution in [0.5, 0.6) is 5.75 Å². The Morgan fingerprint density at radius 3 is 2.00 bits per heavy atom. The number of benzene rings is 3. The Morgan fingerprint density at radius 2 is 1.35 bits per heavy atom. The molecule has 0 atom stereocenters. The van der Waals surface area contributed by atoms with Crippen LogP contribution in [0.4, 0.5) is 0 Å². The normalized spacial score (nSPS) is 18.8. The molecule has 0 aliphatic heterocycles. The zero-order chi connectivity index (χ0) is 21.3. The highest BCUT2D eigenvalue weighted by Crippen LogP contribution is 2.35. The van der Waals surface area contributed by atoms with Crippen LogP contribution in [0, 0.1) is 0 Å². The lowest BCUT2D eigenvalue weighted by atomic mass is 9.81. The second kappa shape index (κ2) is 11.2. The standard InChI is InChI=1S/C29H35NO/c1-30(22-8-13-24-9-4-2-5-10-24)28-18-14-26(15-19-28)27-16-20-29(21-17-27)31-23-25-11-6-3-7-12-25/h2-7,9-12,16-17,20-21,26,28H,8,13-15,18-19,22-23H2,1H3. The quantitative estimate of drug-likeness (QED) is 0.380. The third kappa shape index (κ3) is 6.45. The van der Waals surface area contributed by atoms with Crippen molar-refractivity contribution in [3.63, 3.8) is 0 Å². The summed E-state index contributed by atoms with van der Waals surface area (Å²) >= 11 is 0. The third-order valence-electron chi connectivity index (χ3n) is 6.74. The first-order valence-corrected chi connectivity index (χ1v) is 11.8. The summed E-state index contributed by atoms with van der Waals surface area (Å²) in [6.07, 6.45) is 7.61. The minimum Gasteiger partial charge on any atom is -0.489 e. The van der Waals surface area contributed by atoms with Gasteiger partial charge in [0, 0.05) is 6.04 Å². The SMILES string of the molecule is CN(CCCc1ccccc1)C1CCC(c2ccc(OCc3ccccc3)cc2)CC1. The molecule has 1 saturated carbocycles. The summed E-state index contributed by atoms with van der Waals surface area (Å²) in [6.45, 7) is 1.82. The average molecular weight is 414 g/mol. The molecule has 0 spiro atoms. The second-order valence-corrected chi connectivity index (χ2v) is 8.92. The maximum absolute atomic E-state index is 5.95. The van der Waals surface area contributed by atoms with E-state index < -0.39 is 0 Å². The van der Waals surface area contributed by atoms with Crippen molar-refractivity contribution in [1.29, 1.82) is 0 Å². The molecule has 0 unspecified atom stereocenters. The molecule has 0 saturated heterocycles. The summed E-state index contributed by atoms with van der Waals surface area (Å²) in [5.74, 6) is 1.65. The number of hydrogen-bond acceptors (Lipinski definition) is 2. The van der Waals surface area contributed by atoms with Crippen molar-refractivity contribution in [2.75, 3.05) is 13.6 Å². The predicted molar refractivity (Wildman–Crippen MR) is 130 cm³/mol. The molecule has 0 heterocycles. The van der Waals surface area contributed by atoms with Crippen molar-refractivity contribution in [2.24, 2.45) is 0 Å². The molecule has 1 fully saturated rings. The summed E-state index contributed by atoms with van der Waals surface area (Å²) < 4.78 is 5.95. The molecule has 0 radical (unpaired) electrons. The molecule has 0 N–H and O–H groups in total. The predicted octanol–water partition coefficient (Wildman–Crippen LogP) is 6.86. The molecule has 0 amide bonds. The fraction of sp³-hybridized carbons (Fsp3) is 0.379. The Labute approximate surface area is 187 Å². The third-order valence-corrected chi connectivity index (χ3v) is 6.74. The van der Waals surface area contributed by atoms with Gasteiger partial charge in [-0.3, -0.25) is 0 Å². The largest absolute Gasteiger partial charge is 0.489 e. The molecule has 2 nitrogen and oxygen atoms in total. The van der Waals surface area contributed by atoms with Gasteiger partial charge in [-0.25, -0.2) is 0 Å². The Morgan fingerprint density at radius 1 is 0.742 bits per heavy atom. The highest BCUT2D eigenvalue weighted by atomic mass is 16.5. The van der Waals surface area contributed by atoms with E-state index in [2.05, 4.69) is 90.8 Å². The topological polar surface area (TPSA) is 12.5 Å². The number of ether oxygens (including phenoxy) is 1. The van der Waals surface area contributed by atoms with E-state index in [0.717, 1.165) is 11.8 Å². The number of aryl methyl sites for hydroxylation is 1. The number of nitrogens with zero attached hydrogens (tertiary/aromatic N) is 1. The van der Waals surface area contributed by atoms with Crippen LogP contribution in [0.1, 0.15) is 54.7 Å². The van der Waals surface area contributed by atoms with Gasteiger partial charge in [-0.15, -0.1) is 0 Å². The van der Waals surface area contributed by atoms with E-state index in [1.807, 2.05) is 6.07 Å². The zero-order valence-corrected chi connectivity index (χ0v) is 18.7. The molecule has 0 bridgehead atoms. The van der Waals surface area contributed by atoms with Crippen LogP contribution in [-0.2, 0) is 13.0 Å². The van der Waals surface area contributed by atoms with Gasteiger partial charge in [0.05, 0.1) is 0 Å². The number of hydrogen-bond donors (Lipinski definition) is 0. The molecule has 2 heteroatoms. The van der Waals surface area contributed by atoms with Crippen LogP contribution in [0.3, 0.4) is 0 Å². The first-order valence-electron chi connectivity index (χ1n) is 11.8. The van der Waals surface area contributed by atoms with Gasteiger partial charge in [0.1, 0.15) is 12.4 Å². The van der Waals surface area contributed by atoms with Crippen LogP contribution in [0.25, 0.3) is 0 Å². The maximum atomic E-state index is 5.95. The van der Waals surface area contributed by atoms with E-state index in [1.165, 1.54) is 61.8 Å². The van der Waals surface area contributed by atoms with Crippen molar-refractivity contribution in [1.82, 2.24) is 4.90 Å². The van der Waals surface area contributed by atoms with Gasteiger partial charge >= 0.3 is 0 Å². The lowest BCUT2D eigenvalue weighted by Crippen LogP contribution is -2.35. The average Bonchev–Trinajstić information content (AvgIpc) is 2.84. The van der Waals surface area contributed by atoms with E-state index in [9.17, 15) is 0 Å². The first-order chi connectivity index (χ1) is 15.3. The van der Waals surface area contributed by atoms with E-state index >= 15 is 0 Å². The van der Waals surface area contributed by atoms with Gasteiger partial charge in [0.2, 0.25) is 0 Å². The summed E-state index contributed by atoms with van der Waals surface area (Å²) in [7, 11) is 2.31. The minimum absolute atomic E-state index is 0.627. The second-order valence-electron chi connectivity index (χ2n) is 8.92. The van der Waals surface area contributed by atoms with Crippen LogP contribution < -0.4 is 4.74 Å². The van der Waals surface area contributed by atoms with Gasteiger partial charge in [0.25, 0.3) is 0 Å². The summed E-state index contributed by atoms with van der Waals surface area (Å²) in [4.78, 5) is 2.60. The van der Waals surface area contributed by atoms with E-state index in [0.29, 0.717) is 12.5 Å². The van der Waals surface area contributed by atoms with E-state index in [-0.39, 0.29) is 0 Å².